The van der Waals surface area contributed by atoms with E-state index in [1.807, 2.05) is 31.2 Å². The number of hydrogen-bond acceptors (Lipinski definition) is 4. The van der Waals surface area contributed by atoms with E-state index in [2.05, 4.69) is 9.97 Å². The Morgan fingerprint density at radius 2 is 2.05 bits per heavy atom. The SMILES string of the molecule is Cc1ccc(SCc2nc(C(=O)O)cc(=O)[nH]2)cc1. The van der Waals surface area contributed by atoms with E-state index in [4.69, 9.17) is 5.11 Å². The maximum absolute atomic E-state index is 11.3. The molecule has 2 aromatic rings. The molecule has 0 atom stereocenters. The van der Waals surface area contributed by atoms with E-state index in [0.717, 1.165) is 11.0 Å². The molecule has 1 aromatic heterocycles. The van der Waals surface area contributed by atoms with Crippen molar-refractivity contribution in [3.63, 3.8) is 0 Å². The zero-order valence-electron chi connectivity index (χ0n) is 10.2. The van der Waals surface area contributed by atoms with Crippen molar-refractivity contribution in [2.75, 3.05) is 0 Å². The molecule has 5 nitrogen and oxygen atoms in total. The monoisotopic (exact) mass is 276 g/mol. The van der Waals surface area contributed by atoms with Crippen molar-refractivity contribution in [1.82, 2.24) is 9.97 Å². The number of carbonyl (C=O) groups is 1. The summed E-state index contributed by atoms with van der Waals surface area (Å²) in [6.45, 7) is 2.00. The summed E-state index contributed by atoms with van der Waals surface area (Å²) < 4.78 is 0. The molecule has 0 saturated heterocycles. The molecular formula is C13H12N2O3S. The van der Waals surface area contributed by atoms with Gasteiger partial charge in [-0.15, -0.1) is 11.8 Å². The van der Waals surface area contributed by atoms with Gasteiger partial charge in [-0.1, -0.05) is 17.7 Å². The van der Waals surface area contributed by atoms with Gasteiger partial charge in [-0.05, 0) is 19.1 Å². The molecule has 0 spiro atoms. The quantitative estimate of drug-likeness (QED) is 0.835. The third-order valence-corrected chi connectivity index (χ3v) is 3.43. The summed E-state index contributed by atoms with van der Waals surface area (Å²) in [5.41, 5.74) is 0.485. The number of aromatic carboxylic acids is 1. The van der Waals surface area contributed by atoms with Crippen LogP contribution in [0.5, 0.6) is 0 Å². The minimum atomic E-state index is -1.20. The summed E-state index contributed by atoms with van der Waals surface area (Å²) in [6, 6.07) is 8.90. The Morgan fingerprint density at radius 3 is 2.68 bits per heavy atom. The second kappa shape index (κ2) is 5.71. The van der Waals surface area contributed by atoms with E-state index in [0.29, 0.717) is 11.6 Å². The first-order valence-corrected chi connectivity index (χ1v) is 6.56. The van der Waals surface area contributed by atoms with Crippen molar-refractivity contribution in [3.8, 4) is 0 Å². The van der Waals surface area contributed by atoms with Crippen LogP contribution in [0.3, 0.4) is 0 Å². The number of nitrogens with one attached hydrogen (secondary N) is 1. The second-order valence-corrected chi connectivity index (χ2v) is 5.03. The molecule has 0 saturated carbocycles. The molecule has 0 fully saturated rings. The average molecular weight is 276 g/mol. The van der Waals surface area contributed by atoms with Crippen LogP contribution in [0.4, 0.5) is 0 Å². The van der Waals surface area contributed by atoms with Gasteiger partial charge in [0, 0.05) is 11.0 Å². The summed E-state index contributed by atoms with van der Waals surface area (Å²) in [4.78, 5) is 29.6. The van der Waals surface area contributed by atoms with Crippen LogP contribution in [-0.2, 0) is 5.75 Å². The lowest BCUT2D eigenvalue weighted by Gasteiger charge is -2.03. The van der Waals surface area contributed by atoms with Gasteiger partial charge in [0.25, 0.3) is 5.56 Å². The molecule has 0 bridgehead atoms. The first kappa shape index (κ1) is 13.4. The topological polar surface area (TPSA) is 83.0 Å². The predicted molar refractivity (Wildman–Crippen MR) is 72.6 cm³/mol. The minimum Gasteiger partial charge on any atom is -0.477 e. The molecule has 19 heavy (non-hydrogen) atoms. The van der Waals surface area contributed by atoms with Gasteiger partial charge in [0.15, 0.2) is 5.69 Å². The van der Waals surface area contributed by atoms with Crippen LogP contribution in [0.25, 0.3) is 0 Å². The van der Waals surface area contributed by atoms with Gasteiger partial charge in [0.05, 0.1) is 5.75 Å². The standard InChI is InChI=1S/C13H12N2O3S/c1-8-2-4-9(5-3-8)19-7-11-14-10(13(17)18)6-12(16)15-11/h2-6H,7H2,1H3,(H,17,18)(H,14,15,16). The van der Waals surface area contributed by atoms with Gasteiger partial charge < -0.3 is 10.1 Å². The fourth-order valence-electron chi connectivity index (χ4n) is 1.47. The normalized spacial score (nSPS) is 10.4. The zero-order valence-corrected chi connectivity index (χ0v) is 11.0. The van der Waals surface area contributed by atoms with E-state index in [9.17, 15) is 9.59 Å². The fourth-order valence-corrected chi connectivity index (χ4v) is 2.24. The molecule has 1 heterocycles. The third-order valence-electron chi connectivity index (χ3n) is 2.41. The van der Waals surface area contributed by atoms with Crippen molar-refractivity contribution >= 4 is 17.7 Å². The van der Waals surface area contributed by atoms with Crippen LogP contribution in [0.1, 0.15) is 21.9 Å². The Hall–Kier alpha value is -2.08. The summed E-state index contributed by atoms with van der Waals surface area (Å²) in [5, 5.41) is 8.83. The van der Waals surface area contributed by atoms with Gasteiger partial charge in [0.1, 0.15) is 5.82 Å². The molecule has 0 aliphatic carbocycles. The number of aryl methyl sites for hydroxylation is 1. The number of aromatic nitrogens is 2. The van der Waals surface area contributed by atoms with E-state index < -0.39 is 11.5 Å². The number of aromatic amines is 1. The van der Waals surface area contributed by atoms with Gasteiger partial charge >= 0.3 is 5.97 Å². The highest BCUT2D eigenvalue weighted by molar-refractivity contribution is 7.98. The predicted octanol–water partition coefficient (Wildman–Crippen LogP) is 2.07. The second-order valence-electron chi connectivity index (χ2n) is 3.98. The molecule has 2 rings (SSSR count). The van der Waals surface area contributed by atoms with Crippen LogP contribution in [0, 0.1) is 6.92 Å². The van der Waals surface area contributed by atoms with Gasteiger partial charge in [-0.25, -0.2) is 9.78 Å². The molecule has 2 N–H and O–H groups in total. The van der Waals surface area contributed by atoms with Crippen LogP contribution in [0.2, 0.25) is 0 Å². The first-order valence-electron chi connectivity index (χ1n) is 5.57. The molecular weight excluding hydrogens is 264 g/mol. The van der Waals surface area contributed by atoms with Crippen LogP contribution in [-0.4, -0.2) is 21.0 Å². The molecule has 0 amide bonds. The third kappa shape index (κ3) is 3.69. The maximum atomic E-state index is 11.3. The minimum absolute atomic E-state index is 0.233. The fraction of sp³-hybridized carbons (Fsp3) is 0.154. The highest BCUT2D eigenvalue weighted by Crippen LogP contribution is 2.21. The van der Waals surface area contributed by atoms with Crippen molar-refractivity contribution < 1.29 is 9.90 Å². The lowest BCUT2D eigenvalue weighted by Crippen LogP contribution is -2.15. The largest absolute Gasteiger partial charge is 0.477 e. The number of hydrogen-bond donors (Lipinski definition) is 2. The zero-order chi connectivity index (χ0) is 13.8. The smallest absolute Gasteiger partial charge is 0.354 e. The molecule has 0 unspecified atom stereocenters. The number of carboxylic acids is 1. The Bertz CT molecular complexity index is 650. The Labute approximate surface area is 113 Å². The number of thioether (sulfide) groups is 1. The molecule has 0 aliphatic heterocycles. The summed E-state index contributed by atoms with van der Waals surface area (Å²) in [6.07, 6.45) is 0. The number of nitrogens with zero attached hydrogens (tertiary/aromatic N) is 1. The highest BCUT2D eigenvalue weighted by Gasteiger charge is 2.08. The molecule has 0 aliphatic rings. The summed E-state index contributed by atoms with van der Waals surface area (Å²) >= 11 is 1.49. The number of H-pyrrole nitrogens is 1. The van der Waals surface area contributed by atoms with E-state index in [1.54, 1.807) is 0 Å². The van der Waals surface area contributed by atoms with E-state index in [1.165, 1.54) is 17.3 Å². The molecule has 1 aromatic carbocycles. The first-order chi connectivity index (χ1) is 9.04. The molecule has 6 heteroatoms. The summed E-state index contributed by atoms with van der Waals surface area (Å²) in [5.74, 6) is -0.428. The van der Waals surface area contributed by atoms with E-state index >= 15 is 0 Å². The average Bonchev–Trinajstić information content (AvgIpc) is 2.37. The van der Waals surface area contributed by atoms with Gasteiger partial charge in [-0.3, -0.25) is 4.79 Å². The van der Waals surface area contributed by atoms with Crippen molar-refractivity contribution in [3.05, 3.63) is 57.8 Å². The van der Waals surface area contributed by atoms with Crippen molar-refractivity contribution in [2.24, 2.45) is 0 Å². The number of rotatable bonds is 4. The van der Waals surface area contributed by atoms with Crippen LogP contribution < -0.4 is 5.56 Å². The molecule has 0 radical (unpaired) electrons. The van der Waals surface area contributed by atoms with E-state index in [-0.39, 0.29) is 5.69 Å². The Balaban J connectivity index is 2.13. The number of carboxylic acid groups (broad SMARTS) is 1. The summed E-state index contributed by atoms with van der Waals surface area (Å²) in [7, 11) is 0. The van der Waals surface area contributed by atoms with Crippen LogP contribution >= 0.6 is 11.8 Å². The number of benzene rings is 1. The van der Waals surface area contributed by atoms with Crippen molar-refractivity contribution in [2.45, 2.75) is 17.6 Å². The highest BCUT2D eigenvalue weighted by atomic mass is 32.2. The van der Waals surface area contributed by atoms with Crippen molar-refractivity contribution in [1.29, 1.82) is 0 Å². The van der Waals surface area contributed by atoms with Crippen LogP contribution in [0.15, 0.2) is 40.0 Å². The molecule has 98 valence electrons. The van der Waals surface area contributed by atoms with Gasteiger partial charge in [-0.2, -0.15) is 0 Å². The Kier molecular flexibility index (Phi) is 4.01. The lowest BCUT2D eigenvalue weighted by atomic mass is 10.2. The Morgan fingerprint density at radius 1 is 1.37 bits per heavy atom. The maximum Gasteiger partial charge on any atom is 0.354 e. The van der Waals surface area contributed by atoms with Gasteiger partial charge in [0.2, 0.25) is 0 Å². The lowest BCUT2D eigenvalue weighted by molar-refractivity contribution is 0.0689.